The molecule has 0 N–H and O–H groups in total. The summed E-state index contributed by atoms with van der Waals surface area (Å²) in [6.45, 7) is 4.34. The first kappa shape index (κ1) is 19.1. The van der Waals surface area contributed by atoms with Gasteiger partial charge in [-0.3, -0.25) is 4.79 Å². The second-order valence-electron chi connectivity index (χ2n) is 7.24. The summed E-state index contributed by atoms with van der Waals surface area (Å²) in [4.78, 5) is 19.2. The number of aryl methyl sites for hydroxylation is 1. The molecule has 0 bridgehead atoms. The quantitative estimate of drug-likeness (QED) is 0.659. The van der Waals surface area contributed by atoms with Gasteiger partial charge in [-0.2, -0.15) is 4.98 Å². The van der Waals surface area contributed by atoms with Crippen molar-refractivity contribution in [3.8, 4) is 5.75 Å². The molecule has 2 heterocycles. The molecule has 1 aromatic heterocycles. The van der Waals surface area contributed by atoms with Gasteiger partial charge < -0.3 is 14.2 Å². The smallest absolute Gasteiger partial charge is 0.263 e. The number of likely N-dealkylation sites (tertiary alicyclic amines) is 1. The van der Waals surface area contributed by atoms with Crippen LogP contribution in [0, 0.1) is 12.7 Å². The fraction of sp³-hybridized carbons (Fsp3) is 0.318. The minimum Gasteiger partial charge on any atom is -0.478 e. The number of aromatic nitrogens is 2. The molecule has 0 spiro atoms. The number of carbonyl (C=O) groups is 1. The lowest BCUT2D eigenvalue weighted by Crippen LogP contribution is -2.39. The molecule has 1 amide bonds. The van der Waals surface area contributed by atoms with Crippen molar-refractivity contribution >= 4 is 5.91 Å². The average molecular weight is 395 g/mol. The lowest BCUT2D eigenvalue weighted by Gasteiger charge is -2.22. The van der Waals surface area contributed by atoms with Crippen molar-refractivity contribution in [1.82, 2.24) is 15.0 Å². The molecule has 1 saturated heterocycles. The zero-order chi connectivity index (χ0) is 20.4. The Hall–Kier alpha value is -3.22. The van der Waals surface area contributed by atoms with Gasteiger partial charge in [0.2, 0.25) is 5.89 Å². The molecule has 150 valence electrons. The topological polar surface area (TPSA) is 68.5 Å². The van der Waals surface area contributed by atoms with E-state index in [0.717, 1.165) is 5.56 Å². The second kappa shape index (κ2) is 8.03. The third-order valence-electron chi connectivity index (χ3n) is 5.21. The molecule has 6 nitrogen and oxygen atoms in total. The van der Waals surface area contributed by atoms with E-state index in [1.54, 1.807) is 30.9 Å². The maximum absolute atomic E-state index is 13.9. The molecule has 1 fully saturated rings. The maximum Gasteiger partial charge on any atom is 0.263 e. The molecule has 29 heavy (non-hydrogen) atoms. The van der Waals surface area contributed by atoms with Gasteiger partial charge in [0.15, 0.2) is 23.5 Å². The Morgan fingerprint density at radius 2 is 1.83 bits per heavy atom. The predicted molar refractivity (Wildman–Crippen MR) is 104 cm³/mol. The Morgan fingerprint density at radius 1 is 1.14 bits per heavy atom. The molecule has 0 radical (unpaired) electrons. The molecule has 0 unspecified atom stereocenters. The van der Waals surface area contributed by atoms with Gasteiger partial charge in [0.1, 0.15) is 0 Å². The second-order valence-corrected chi connectivity index (χ2v) is 7.24. The highest BCUT2D eigenvalue weighted by atomic mass is 19.1. The third kappa shape index (κ3) is 3.99. The van der Waals surface area contributed by atoms with Gasteiger partial charge in [0.05, 0.1) is 5.92 Å². The van der Waals surface area contributed by atoms with Gasteiger partial charge >= 0.3 is 0 Å². The number of ether oxygens (including phenoxy) is 1. The Balaban J connectivity index is 1.55. The number of hydrogen-bond donors (Lipinski definition) is 0. The third-order valence-corrected chi connectivity index (χ3v) is 5.21. The number of benzene rings is 2. The number of carbonyl (C=O) groups excluding carboxylic acids is 1. The zero-order valence-corrected chi connectivity index (χ0v) is 16.3. The van der Waals surface area contributed by atoms with E-state index in [0.29, 0.717) is 24.8 Å². The molecular formula is C22H22FN3O3. The number of nitrogens with zero attached hydrogens (tertiary/aromatic N) is 3. The fourth-order valence-corrected chi connectivity index (χ4v) is 3.77. The van der Waals surface area contributed by atoms with E-state index in [9.17, 15) is 9.18 Å². The molecule has 1 aliphatic rings. The van der Waals surface area contributed by atoms with Crippen molar-refractivity contribution in [3.05, 3.63) is 77.7 Å². The van der Waals surface area contributed by atoms with Crippen molar-refractivity contribution < 1.29 is 18.4 Å². The van der Waals surface area contributed by atoms with Crippen LogP contribution in [0.5, 0.6) is 5.75 Å². The monoisotopic (exact) mass is 395 g/mol. The summed E-state index contributed by atoms with van der Waals surface area (Å²) in [5, 5.41) is 3.90. The van der Waals surface area contributed by atoms with Crippen LogP contribution in [-0.2, 0) is 4.79 Å². The molecule has 3 aromatic rings. The summed E-state index contributed by atoms with van der Waals surface area (Å²) in [5.41, 5.74) is 1.10. The van der Waals surface area contributed by atoms with Crippen LogP contribution in [0.3, 0.4) is 0 Å². The van der Waals surface area contributed by atoms with E-state index in [2.05, 4.69) is 10.1 Å². The molecule has 3 atom stereocenters. The Bertz CT molecular complexity index is 992. The van der Waals surface area contributed by atoms with Crippen LogP contribution in [0.25, 0.3) is 0 Å². The van der Waals surface area contributed by atoms with E-state index in [4.69, 9.17) is 9.26 Å². The standard InChI is InChI=1S/C22H22FN3O3/c1-14(28-20-11-7-6-10-19(20)23)22(27)26-12-17(16-8-4-3-5-9-16)18(13-26)21-24-15(2)25-29-21/h3-11,14,17-18H,12-13H2,1-2H3/t14-,17-,18+/m0/s1. The summed E-state index contributed by atoms with van der Waals surface area (Å²) in [7, 11) is 0. The van der Waals surface area contributed by atoms with Crippen LogP contribution >= 0.6 is 0 Å². The van der Waals surface area contributed by atoms with E-state index < -0.39 is 11.9 Å². The van der Waals surface area contributed by atoms with Gasteiger partial charge in [-0.25, -0.2) is 4.39 Å². The van der Waals surface area contributed by atoms with Gasteiger partial charge in [0, 0.05) is 19.0 Å². The lowest BCUT2D eigenvalue weighted by atomic mass is 9.89. The van der Waals surface area contributed by atoms with E-state index in [1.165, 1.54) is 12.1 Å². The largest absolute Gasteiger partial charge is 0.478 e. The molecular weight excluding hydrogens is 373 g/mol. The van der Waals surface area contributed by atoms with Crippen molar-refractivity contribution in [3.63, 3.8) is 0 Å². The highest BCUT2D eigenvalue weighted by Gasteiger charge is 2.41. The number of para-hydroxylation sites is 1. The van der Waals surface area contributed by atoms with E-state index in [-0.39, 0.29) is 23.5 Å². The summed E-state index contributed by atoms with van der Waals surface area (Å²) in [6, 6.07) is 16.0. The van der Waals surface area contributed by atoms with E-state index in [1.807, 2.05) is 30.3 Å². The minimum atomic E-state index is -0.813. The summed E-state index contributed by atoms with van der Waals surface area (Å²) < 4.78 is 24.9. The van der Waals surface area contributed by atoms with Crippen LogP contribution in [0.1, 0.15) is 36.0 Å². The van der Waals surface area contributed by atoms with Crippen LogP contribution < -0.4 is 4.74 Å². The normalized spacial score (nSPS) is 19.9. The highest BCUT2D eigenvalue weighted by Crippen LogP contribution is 2.39. The Kier molecular flexibility index (Phi) is 5.29. The van der Waals surface area contributed by atoms with Gasteiger partial charge in [-0.15, -0.1) is 0 Å². The molecule has 0 aliphatic carbocycles. The fourth-order valence-electron chi connectivity index (χ4n) is 3.77. The van der Waals surface area contributed by atoms with Crippen molar-refractivity contribution in [2.24, 2.45) is 0 Å². The Labute approximate surface area is 168 Å². The zero-order valence-electron chi connectivity index (χ0n) is 16.3. The molecule has 0 saturated carbocycles. The SMILES string of the molecule is Cc1noc([C@@H]2CN(C(=O)[C@H](C)Oc3ccccc3F)C[C@H]2c2ccccc2)n1. The van der Waals surface area contributed by atoms with E-state index >= 15 is 0 Å². The van der Waals surface area contributed by atoms with Gasteiger partial charge in [0.25, 0.3) is 5.91 Å². The minimum absolute atomic E-state index is 0.0284. The number of amides is 1. The van der Waals surface area contributed by atoms with Gasteiger partial charge in [-0.05, 0) is 31.5 Å². The van der Waals surface area contributed by atoms with Crippen LogP contribution in [-0.4, -0.2) is 40.1 Å². The first-order chi connectivity index (χ1) is 14.0. The number of hydrogen-bond acceptors (Lipinski definition) is 5. The average Bonchev–Trinajstić information content (AvgIpc) is 3.36. The predicted octanol–water partition coefficient (Wildman–Crippen LogP) is 3.69. The summed E-state index contributed by atoms with van der Waals surface area (Å²) >= 11 is 0. The highest BCUT2D eigenvalue weighted by molar-refractivity contribution is 5.81. The summed E-state index contributed by atoms with van der Waals surface area (Å²) in [6.07, 6.45) is -0.813. The van der Waals surface area contributed by atoms with Crippen LogP contribution in [0.15, 0.2) is 59.1 Å². The lowest BCUT2D eigenvalue weighted by molar-refractivity contribution is -0.137. The summed E-state index contributed by atoms with van der Waals surface area (Å²) in [5.74, 6) is 0.380. The van der Waals surface area contributed by atoms with Crippen molar-refractivity contribution in [2.75, 3.05) is 13.1 Å². The van der Waals surface area contributed by atoms with Crippen molar-refractivity contribution in [1.29, 1.82) is 0 Å². The maximum atomic E-state index is 13.9. The van der Waals surface area contributed by atoms with Crippen LogP contribution in [0.4, 0.5) is 4.39 Å². The first-order valence-corrected chi connectivity index (χ1v) is 9.58. The van der Waals surface area contributed by atoms with Crippen molar-refractivity contribution in [2.45, 2.75) is 31.8 Å². The van der Waals surface area contributed by atoms with Gasteiger partial charge in [-0.1, -0.05) is 47.6 Å². The molecule has 1 aliphatic heterocycles. The Morgan fingerprint density at radius 3 is 2.52 bits per heavy atom. The first-order valence-electron chi connectivity index (χ1n) is 9.58. The molecule has 7 heteroatoms. The molecule has 2 aromatic carbocycles. The van der Waals surface area contributed by atoms with Crippen LogP contribution in [0.2, 0.25) is 0 Å². The molecule has 4 rings (SSSR count). The number of rotatable bonds is 5. The number of halogens is 1.